The van der Waals surface area contributed by atoms with Gasteiger partial charge >= 0.3 is 6.18 Å². The van der Waals surface area contributed by atoms with Crippen LogP contribution in [0.15, 0.2) is 18.2 Å². The Hall–Kier alpha value is -1.10. The first-order valence-electron chi connectivity index (χ1n) is 6.43. The van der Waals surface area contributed by atoms with Crippen molar-refractivity contribution < 1.29 is 17.6 Å². The van der Waals surface area contributed by atoms with Gasteiger partial charge in [0.25, 0.3) is 0 Å². The lowest BCUT2D eigenvalue weighted by Crippen LogP contribution is -2.22. The van der Waals surface area contributed by atoms with E-state index in [0.717, 1.165) is 24.6 Å². The lowest BCUT2D eigenvalue weighted by Gasteiger charge is -2.13. The first-order chi connectivity index (χ1) is 8.86. The summed E-state index contributed by atoms with van der Waals surface area (Å²) >= 11 is 0. The second-order valence-electron chi connectivity index (χ2n) is 5.29. The van der Waals surface area contributed by atoms with E-state index in [4.69, 9.17) is 0 Å². The van der Waals surface area contributed by atoms with Gasteiger partial charge in [-0.05, 0) is 55.0 Å². The third kappa shape index (κ3) is 4.20. The Bertz CT molecular complexity index is 438. The molecule has 1 N–H and O–H groups in total. The summed E-state index contributed by atoms with van der Waals surface area (Å²) in [6.45, 7) is 3.14. The van der Waals surface area contributed by atoms with E-state index in [1.165, 1.54) is 12.8 Å². The molecule has 0 aromatic heterocycles. The molecular formula is C14H17F4N. The van der Waals surface area contributed by atoms with Crippen molar-refractivity contribution in [3.05, 3.63) is 35.1 Å². The number of hydrogen-bond donors (Lipinski definition) is 1. The maximum absolute atomic E-state index is 13.2. The largest absolute Gasteiger partial charge is 0.416 e. The van der Waals surface area contributed by atoms with Crippen LogP contribution in [0.1, 0.15) is 30.9 Å². The standard InChI is InChI=1S/C14H17F4N/c1-9(11-2-3-11)7-19-8-10-4-12(14(16,17)18)6-13(15)5-10/h4-6,9,11,19H,2-3,7-8H2,1H3. The molecule has 0 saturated heterocycles. The molecule has 1 fully saturated rings. The lowest BCUT2D eigenvalue weighted by atomic mass is 10.1. The predicted molar refractivity (Wildman–Crippen MR) is 65.0 cm³/mol. The van der Waals surface area contributed by atoms with Crippen LogP contribution in [0.3, 0.4) is 0 Å². The van der Waals surface area contributed by atoms with E-state index in [-0.39, 0.29) is 6.54 Å². The number of halogens is 4. The van der Waals surface area contributed by atoms with Crippen LogP contribution in [-0.4, -0.2) is 6.54 Å². The quantitative estimate of drug-likeness (QED) is 0.801. The van der Waals surface area contributed by atoms with Crippen molar-refractivity contribution in [2.45, 2.75) is 32.5 Å². The molecule has 0 heterocycles. The van der Waals surface area contributed by atoms with E-state index in [1.807, 2.05) is 0 Å². The maximum Gasteiger partial charge on any atom is 0.416 e. The number of rotatable bonds is 5. The first-order valence-corrected chi connectivity index (χ1v) is 6.43. The average molecular weight is 275 g/mol. The van der Waals surface area contributed by atoms with Gasteiger partial charge in [0.1, 0.15) is 5.82 Å². The Labute approximate surface area is 110 Å². The van der Waals surface area contributed by atoms with Crippen LogP contribution in [0.4, 0.5) is 17.6 Å². The van der Waals surface area contributed by atoms with E-state index < -0.39 is 17.6 Å². The van der Waals surface area contributed by atoms with Crippen LogP contribution in [0.2, 0.25) is 0 Å². The summed E-state index contributed by atoms with van der Waals surface area (Å²) in [6.07, 6.45) is -2.03. The number of alkyl halides is 3. The summed E-state index contributed by atoms with van der Waals surface area (Å²) in [7, 11) is 0. The maximum atomic E-state index is 13.2. The fraction of sp³-hybridized carbons (Fsp3) is 0.571. The monoisotopic (exact) mass is 275 g/mol. The topological polar surface area (TPSA) is 12.0 Å². The van der Waals surface area contributed by atoms with E-state index in [0.29, 0.717) is 17.5 Å². The van der Waals surface area contributed by atoms with Crippen LogP contribution in [-0.2, 0) is 12.7 Å². The molecule has 1 saturated carbocycles. The average Bonchev–Trinajstić information content (AvgIpc) is 3.10. The van der Waals surface area contributed by atoms with Crippen molar-refractivity contribution in [3.8, 4) is 0 Å². The van der Waals surface area contributed by atoms with Gasteiger partial charge < -0.3 is 5.32 Å². The summed E-state index contributed by atoms with van der Waals surface area (Å²) in [5.74, 6) is 0.420. The van der Waals surface area contributed by atoms with Gasteiger partial charge in [-0.15, -0.1) is 0 Å². The smallest absolute Gasteiger partial charge is 0.312 e. The molecule has 1 atom stereocenters. The fourth-order valence-corrected chi connectivity index (χ4v) is 2.19. The molecule has 1 aromatic carbocycles. The summed E-state index contributed by atoms with van der Waals surface area (Å²) in [4.78, 5) is 0. The van der Waals surface area contributed by atoms with Crippen LogP contribution >= 0.6 is 0 Å². The van der Waals surface area contributed by atoms with Gasteiger partial charge in [-0.3, -0.25) is 0 Å². The summed E-state index contributed by atoms with van der Waals surface area (Å²) < 4.78 is 50.7. The molecule has 2 rings (SSSR count). The van der Waals surface area contributed by atoms with Crippen molar-refractivity contribution in [2.24, 2.45) is 11.8 Å². The SMILES string of the molecule is CC(CNCc1cc(F)cc(C(F)(F)F)c1)C1CC1. The Morgan fingerprint density at radius 2 is 1.95 bits per heavy atom. The highest BCUT2D eigenvalue weighted by Crippen LogP contribution is 2.36. The number of nitrogens with one attached hydrogen (secondary N) is 1. The van der Waals surface area contributed by atoms with Gasteiger partial charge in [-0.25, -0.2) is 4.39 Å². The number of benzene rings is 1. The molecule has 0 radical (unpaired) electrons. The van der Waals surface area contributed by atoms with Crippen LogP contribution < -0.4 is 5.32 Å². The molecular weight excluding hydrogens is 258 g/mol. The fourth-order valence-electron chi connectivity index (χ4n) is 2.19. The molecule has 1 nitrogen and oxygen atoms in total. The van der Waals surface area contributed by atoms with E-state index in [2.05, 4.69) is 12.2 Å². The van der Waals surface area contributed by atoms with Gasteiger partial charge in [-0.2, -0.15) is 13.2 Å². The molecule has 0 amide bonds. The van der Waals surface area contributed by atoms with Gasteiger partial charge in [0.2, 0.25) is 0 Å². The molecule has 106 valence electrons. The second-order valence-corrected chi connectivity index (χ2v) is 5.29. The van der Waals surface area contributed by atoms with Crippen molar-refractivity contribution in [1.29, 1.82) is 0 Å². The molecule has 0 aliphatic heterocycles. The molecule has 1 unspecified atom stereocenters. The highest BCUT2D eigenvalue weighted by Gasteiger charge is 2.31. The Kier molecular flexibility index (Phi) is 4.13. The zero-order valence-corrected chi connectivity index (χ0v) is 10.7. The van der Waals surface area contributed by atoms with Gasteiger partial charge in [0.15, 0.2) is 0 Å². The molecule has 5 heteroatoms. The van der Waals surface area contributed by atoms with Gasteiger partial charge in [0, 0.05) is 6.54 Å². The van der Waals surface area contributed by atoms with E-state index >= 15 is 0 Å². The minimum Gasteiger partial charge on any atom is -0.312 e. The summed E-state index contributed by atoms with van der Waals surface area (Å²) in [5.41, 5.74) is -0.602. The summed E-state index contributed by atoms with van der Waals surface area (Å²) in [6, 6.07) is 2.66. The minimum absolute atomic E-state index is 0.262. The Morgan fingerprint density at radius 1 is 1.26 bits per heavy atom. The van der Waals surface area contributed by atoms with Gasteiger partial charge in [0.05, 0.1) is 5.56 Å². The van der Waals surface area contributed by atoms with Crippen molar-refractivity contribution in [3.63, 3.8) is 0 Å². The molecule has 1 aromatic rings. The summed E-state index contributed by atoms with van der Waals surface area (Å²) in [5, 5.41) is 3.09. The Morgan fingerprint density at radius 3 is 2.53 bits per heavy atom. The molecule has 1 aliphatic rings. The van der Waals surface area contributed by atoms with Crippen molar-refractivity contribution in [1.82, 2.24) is 5.32 Å². The zero-order valence-electron chi connectivity index (χ0n) is 10.7. The van der Waals surface area contributed by atoms with Crippen LogP contribution in [0.25, 0.3) is 0 Å². The normalized spacial score (nSPS) is 17.5. The second kappa shape index (κ2) is 5.49. The minimum atomic E-state index is -4.50. The van der Waals surface area contributed by atoms with E-state index in [1.54, 1.807) is 0 Å². The highest BCUT2D eigenvalue weighted by atomic mass is 19.4. The third-order valence-electron chi connectivity index (χ3n) is 3.51. The lowest BCUT2D eigenvalue weighted by molar-refractivity contribution is -0.137. The molecule has 19 heavy (non-hydrogen) atoms. The molecule has 1 aliphatic carbocycles. The predicted octanol–water partition coefficient (Wildman–Crippen LogP) is 3.98. The molecule has 0 bridgehead atoms. The van der Waals surface area contributed by atoms with Crippen LogP contribution in [0, 0.1) is 17.7 Å². The Balaban J connectivity index is 1.93. The first kappa shape index (κ1) is 14.3. The van der Waals surface area contributed by atoms with Crippen LogP contribution in [0.5, 0.6) is 0 Å². The van der Waals surface area contributed by atoms with Crippen molar-refractivity contribution in [2.75, 3.05) is 6.54 Å². The third-order valence-corrected chi connectivity index (χ3v) is 3.51. The van der Waals surface area contributed by atoms with Crippen molar-refractivity contribution >= 4 is 0 Å². The number of hydrogen-bond acceptors (Lipinski definition) is 1. The van der Waals surface area contributed by atoms with E-state index in [9.17, 15) is 17.6 Å². The molecule has 0 spiro atoms. The zero-order chi connectivity index (χ0) is 14.0. The van der Waals surface area contributed by atoms with Gasteiger partial charge in [-0.1, -0.05) is 6.92 Å². The highest BCUT2D eigenvalue weighted by molar-refractivity contribution is 5.26.